The first-order valence-corrected chi connectivity index (χ1v) is 5.83. The molecule has 0 bridgehead atoms. The number of piperazine rings is 1. The molecule has 1 unspecified atom stereocenters. The molecule has 1 heterocycles. The lowest BCUT2D eigenvalue weighted by Gasteiger charge is -2.35. The van der Waals surface area contributed by atoms with Crippen LogP contribution in [0.3, 0.4) is 0 Å². The number of aromatic hydroxyl groups is 1. The molecule has 6 heteroatoms. The third-order valence-electron chi connectivity index (χ3n) is 3.07. The van der Waals surface area contributed by atoms with Gasteiger partial charge < -0.3 is 21.1 Å². The van der Waals surface area contributed by atoms with E-state index in [1.807, 2.05) is 0 Å². The number of phenols is 1. The summed E-state index contributed by atoms with van der Waals surface area (Å²) in [6.45, 7) is 2.19. The predicted octanol–water partition coefficient (Wildman–Crippen LogP) is -0.0960. The standard InChI is InChI=1S/C12H16FN3O2/c13-8-1-2-10(11(17)5-8)12(18)16-4-3-15-7-9(16)6-14/h1-2,5,9,15,17H,3-4,6-7,14H2. The summed E-state index contributed by atoms with van der Waals surface area (Å²) in [6, 6.07) is 3.29. The highest BCUT2D eigenvalue weighted by Crippen LogP contribution is 2.21. The van der Waals surface area contributed by atoms with Crippen molar-refractivity contribution < 1.29 is 14.3 Å². The van der Waals surface area contributed by atoms with Crippen molar-refractivity contribution in [2.24, 2.45) is 5.73 Å². The van der Waals surface area contributed by atoms with Crippen molar-refractivity contribution in [1.82, 2.24) is 10.2 Å². The minimum Gasteiger partial charge on any atom is -0.507 e. The zero-order valence-corrected chi connectivity index (χ0v) is 9.90. The molecule has 5 nitrogen and oxygen atoms in total. The fraction of sp³-hybridized carbons (Fsp3) is 0.417. The zero-order chi connectivity index (χ0) is 13.1. The Kier molecular flexibility index (Phi) is 3.78. The summed E-state index contributed by atoms with van der Waals surface area (Å²) in [6.07, 6.45) is 0. The van der Waals surface area contributed by atoms with Gasteiger partial charge in [-0.1, -0.05) is 0 Å². The molecule has 1 fully saturated rings. The predicted molar refractivity (Wildman–Crippen MR) is 64.8 cm³/mol. The van der Waals surface area contributed by atoms with Gasteiger partial charge in [0.2, 0.25) is 0 Å². The van der Waals surface area contributed by atoms with Crippen molar-refractivity contribution in [2.75, 3.05) is 26.2 Å². The fourth-order valence-corrected chi connectivity index (χ4v) is 2.08. The van der Waals surface area contributed by atoms with Gasteiger partial charge in [-0.05, 0) is 12.1 Å². The number of amides is 1. The van der Waals surface area contributed by atoms with E-state index in [1.165, 1.54) is 6.07 Å². The smallest absolute Gasteiger partial charge is 0.257 e. The van der Waals surface area contributed by atoms with E-state index in [9.17, 15) is 14.3 Å². The Hall–Kier alpha value is -1.66. The molecule has 1 aliphatic rings. The number of nitrogens with one attached hydrogen (secondary N) is 1. The van der Waals surface area contributed by atoms with Gasteiger partial charge >= 0.3 is 0 Å². The normalized spacial score (nSPS) is 19.9. The first kappa shape index (κ1) is 12.8. The highest BCUT2D eigenvalue weighted by molar-refractivity contribution is 5.97. The number of carbonyl (C=O) groups is 1. The molecule has 1 aliphatic heterocycles. The van der Waals surface area contributed by atoms with Crippen molar-refractivity contribution in [3.63, 3.8) is 0 Å². The molecule has 18 heavy (non-hydrogen) atoms. The monoisotopic (exact) mass is 253 g/mol. The third kappa shape index (κ3) is 2.44. The molecule has 1 saturated heterocycles. The molecule has 0 spiro atoms. The summed E-state index contributed by atoms with van der Waals surface area (Å²) < 4.78 is 12.9. The van der Waals surface area contributed by atoms with Crippen molar-refractivity contribution in [3.8, 4) is 5.75 Å². The number of hydrogen-bond acceptors (Lipinski definition) is 4. The molecule has 4 N–H and O–H groups in total. The first-order chi connectivity index (χ1) is 8.63. The maximum Gasteiger partial charge on any atom is 0.257 e. The van der Waals surface area contributed by atoms with Crippen molar-refractivity contribution >= 4 is 5.91 Å². The van der Waals surface area contributed by atoms with Gasteiger partial charge in [0.25, 0.3) is 5.91 Å². The number of nitrogens with zero attached hydrogens (tertiary/aromatic N) is 1. The number of rotatable bonds is 2. The van der Waals surface area contributed by atoms with Crippen LogP contribution in [-0.4, -0.2) is 48.1 Å². The Balaban J connectivity index is 2.24. The second-order valence-electron chi connectivity index (χ2n) is 4.25. The van der Waals surface area contributed by atoms with Crippen molar-refractivity contribution in [3.05, 3.63) is 29.6 Å². The van der Waals surface area contributed by atoms with Crippen LogP contribution in [-0.2, 0) is 0 Å². The van der Waals surface area contributed by atoms with Crippen molar-refractivity contribution in [1.29, 1.82) is 0 Å². The van der Waals surface area contributed by atoms with Gasteiger partial charge in [0.1, 0.15) is 11.6 Å². The highest BCUT2D eigenvalue weighted by atomic mass is 19.1. The zero-order valence-electron chi connectivity index (χ0n) is 9.90. The summed E-state index contributed by atoms with van der Waals surface area (Å²) in [4.78, 5) is 13.9. The van der Waals surface area contributed by atoms with E-state index in [0.717, 1.165) is 12.1 Å². The Morgan fingerprint density at radius 2 is 2.39 bits per heavy atom. The van der Waals surface area contributed by atoms with Crippen LogP contribution in [0, 0.1) is 5.82 Å². The average Bonchev–Trinajstić information content (AvgIpc) is 2.38. The topological polar surface area (TPSA) is 78.6 Å². The van der Waals surface area contributed by atoms with Gasteiger partial charge in [-0.3, -0.25) is 4.79 Å². The van der Waals surface area contributed by atoms with Crippen molar-refractivity contribution in [2.45, 2.75) is 6.04 Å². The first-order valence-electron chi connectivity index (χ1n) is 5.83. The second kappa shape index (κ2) is 5.32. The van der Waals surface area contributed by atoms with Gasteiger partial charge in [0, 0.05) is 32.2 Å². The summed E-state index contributed by atoms with van der Waals surface area (Å²) in [7, 11) is 0. The third-order valence-corrected chi connectivity index (χ3v) is 3.07. The van der Waals surface area contributed by atoms with Gasteiger partial charge in [-0.15, -0.1) is 0 Å². The van der Waals surface area contributed by atoms with Crippen LogP contribution in [0.4, 0.5) is 4.39 Å². The van der Waals surface area contributed by atoms with Crippen LogP contribution in [0.25, 0.3) is 0 Å². The lowest BCUT2D eigenvalue weighted by molar-refractivity contribution is 0.0641. The number of hydrogen-bond donors (Lipinski definition) is 3. The fourth-order valence-electron chi connectivity index (χ4n) is 2.08. The molecule has 2 rings (SSSR count). The van der Waals surface area contributed by atoms with Crippen LogP contribution in [0.2, 0.25) is 0 Å². The molecule has 98 valence electrons. The molecule has 0 aliphatic carbocycles. The number of carbonyl (C=O) groups excluding carboxylic acids is 1. The Morgan fingerprint density at radius 3 is 3.06 bits per heavy atom. The largest absolute Gasteiger partial charge is 0.507 e. The quantitative estimate of drug-likeness (QED) is 0.688. The van der Waals surface area contributed by atoms with E-state index in [-0.39, 0.29) is 23.3 Å². The summed E-state index contributed by atoms with van der Waals surface area (Å²) in [5, 5.41) is 12.8. The molecule has 0 aromatic heterocycles. The lowest BCUT2D eigenvalue weighted by atomic mass is 10.1. The number of nitrogens with two attached hydrogens (primary N) is 1. The lowest BCUT2D eigenvalue weighted by Crippen LogP contribution is -2.56. The maximum atomic E-state index is 12.9. The second-order valence-corrected chi connectivity index (χ2v) is 4.25. The molecule has 1 aromatic carbocycles. The van der Waals surface area contributed by atoms with E-state index in [2.05, 4.69) is 5.32 Å². The minimum absolute atomic E-state index is 0.101. The average molecular weight is 253 g/mol. The SMILES string of the molecule is NCC1CNCCN1C(=O)c1ccc(F)cc1O. The van der Waals surface area contributed by atoms with Gasteiger partial charge in [0.15, 0.2) is 0 Å². The molecule has 1 atom stereocenters. The molecular formula is C12H16FN3O2. The van der Waals surface area contributed by atoms with Crippen LogP contribution < -0.4 is 11.1 Å². The number of phenolic OH excluding ortho intramolecular Hbond substituents is 1. The Labute approximate surface area is 104 Å². The summed E-state index contributed by atoms with van der Waals surface area (Å²) >= 11 is 0. The minimum atomic E-state index is -0.570. The summed E-state index contributed by atoms with van der Waals surface area (Å²) in [5.41, 5.74) is 5.72. The molecule has 1 aromatic rings. The van der Waals surface area contributed by atoms with Crippen LogP contribution >= 0.6 is 0 Å². The Morgan fingerprint density at radius 1 is 1.61 bits per heavy atom. The molecule has 1 amide bonds. The van der Waals surface area contributed by atoms with Gasteiger partial charge in [0.05, 0.1) is 11.6 Å². The Bertz CT molecular complexity index is 453. The van der Waals surface area contributed by atoms with Gasteiger partial charge in [-0.2, -0.15) is 0 Å². The van der Waals surface area contributed by atoms with E-state index >= 15 is 0 Å². The van der Waals surface area contributed by atoms with E-state index in [4.69, 9.17) is 5.73 Å². The van der Waals surface area contributed by atoms with Crippen LogP contribution in [0.1, 0.15) is 10.4 Å². The van der Waals surface area contributed by atoms with E-state index in [1.54, 1.807) is 4.90 Å². The number of benzene rings is 1. The number of halogens is 1. The van der Waals surface area contributed by atoms with E-state index < -0.39 is 5.82 Å². The molecule has 0 radical (unpaired) electrons. The van der Waals surface area contributed by atoms with Crippen LogP contribution in [0.15, 0.2) is 18.2 Å². The highest BCUT2D eigenvalue weighted by Gasteiger charge is 2.27. The van der Waals surface area contributed by atoms with Gasteiger partial charge in [-0.25, -0.2) is 4.39 Å². The molecular weight excluding hydrogens is 237 g/mol. The maximum absolute atomic E-state index is 12.9. The van der Waals surface area contributed by atoms with Crippen LogP contribution in [0.5, 0.6) is 5.75 Å². The van der Waals surface area contributed by atoms with E-state index in [0.29, 0.717) is 26.2 Å². The molecule has 0 saturated carbocycles. The summed E-state index contributed by atoms with van der Waals surface area (Å²) in [5.74, 6) is -1.22.